The van der Waals surface area contributed by atoms with E-state index < -0.39 is 12.4 Å². The first-order valence-electron chi connectivity index (χ1n) is 14.8. The molecule has 240 valence electrons. The molecule has 46 heavy (non-hydrogen) atoms. The van der Waals surface area contributed by atoms with Crippen molar-refractivity contribution in [1.82, 2.24) is 24.6 Å². The maximum absolute atomic E-state index is 13.1. The van der Waals surface area contributed by atoms with Gasteiger partial charge in [0.05, 0.1) is 11.4 Å². The zero-order chi connectivity index (χ0) is 33.2. The smallest absolute Gasteiger partial charge is 0.406 e. The first kappa shape index (κ1) is 32.7. The number of hydrogen-bond donors (Lipinski definition) is 1. The van der Waals surface area contributed by atoms with E-state index >= 15 is 0 Å². The minimum absolute atomic E-state index is 0.0161. The molecule has 2 unspecified atom stereocenters. The molecule has 0 saturated heterocycles. The number of carbonyl (C=O) groups is 1. The van der Waals surface area contributed by atoms with Crippen LogP contribution < -0.4 is 14.9 Å². The highest BCUT2D eigenvalue weighted by Crippen LogP contribution is 2.27. The van der Waals surface area contributed by atoms with Crippen LogP contribution in [0.15, 0.2) is 83.4 Å². The predicted molar refractivity (Wildman–Crippen MR) is 173 cm³/mol. The van der Waals surface area contributed by atoms with Crippen molar-refractivity contribution in [3.8, 4) is 28.5 Å². The summed E-state index contributed by atoms with van der Waals surface area (Å²) in [5.41, 5.74) is 6.70. The second kappa shape index (κ2) is 13.3. The van der Waals surface area contributed by atoms with Crippen LogP contribution in [0, 0.1) is 13.8 Å². The Bertz CT molecular complexity index is 1890. The van der Waals surface area contributed by atoms with E-state index in [1.807, 2.05) is 55.0 Å². The third-order valence-corrected chi connectivity index (χ3v) is 8.69. The molecule has 8 nitrogen and oxygen atoms in total. The maximum atomic E-state index is 13.1. The molecule has 0 bridgehead atoms. The van der Waals surface area contributed by atoms with Crippen molar-refractivity contribution < 1.29 is 22.7 Å². The third-order valence-electron chi connectivity index (χ3n) is 7.75. The van der Waals surface area contributed by atoms with Crippen molar-refractivity contribution in [1.29, 1.82) is 0 Å². The van der Waals surface area contributed by atoms with E-state index in [0.717, 1.165) is 28.1 Å². The summed E-state index contributed by atoms with van der Waals surface area (Å²) in [6.45, 7) is 12.4. The maximum Gasteiger partial charge on any atom is 0.573 e. The van der Waals surface area contributed by atoms with Crippen LogP contribution in [0.25, 0.3) is 22.8 Å². The Morgan fingerprint density at radius 3 is 2.33 bits per heavy atom. The molecule has 2 aromatic heterocycles. The summed E-state index contributed by atoms with van der Waals surface area (Å²) in [5.74, 6) is 0.444. The number of nitrogens with zero attached hydrogens (tertiary/aromatic N) is 5. The molecule has 0 aliphatic carbocycles. The van der Waals surface area contributed by atoms with Gasteiger partial charge in [-0.25, -0.2) is 14.5 Å². The fourth-order valence-corrected chi connectivity index (χ4v) is 5.95. The summed E-state index contributed by atoms with van der Waals surface area (Å²) in [4.78, 5) is 22.5. The number of rotatable bonds is 8. The zero-order valence-electron chi connectivity index (χ0n) is 26.3. The molecule has 3 aromatic carbocycles. The quantitative estimate of drug-likeness (QED) is 0.184. The first-order valence-corrected chi connectivity index (χ1v) is 15.7. The van der Waals surface area contributed by atoms with Crippen LogP contribution in [-0.4, -0.2) is 37.8 Å². The van der Waals surface area contributed by atoms with Crippen LogP contribution in [0.3, 0.4) is 0 Å². The number of benzene rings is 3. The van der Waals surface area contributed by atoms with Gasteiger partial charge >= 0.3 is 12.4 Å². The van der Waals surface area contributed by atoms with Gasteiger partial charge in [-0.3, -0.25) is 4.57 Å². The largest absolute Gasteiger partial charge is 0.573 e. The number of thiazole rings is 1. The number of carbonyl (C=O) groups excluding carboxylic acids is 1. The number of ether oxygens (including phenoxy) is 1. The molecule has 1 N–H and O–H groups in total. The van der Waals surface area contributed by atoms with E-state index in [1.54, 1.807) is 0 Å². The zero-order valence-corrected chi connectivity index (χ0v) is 27.1. The topological polar surface area (TPSA) is 86.3 Å². The molecule has 0 saturated carbocycles. The van der Waals surface area contributed by atoms with Gasteiger partial charge in [0.1, 0.15) is 12.1 Å². The fourth-order valence-electron chi connectivity index (χ4n) is 5.08. The number of nitrogens with one attached hydrogen (secondary N) is 1. The number of hydrogen-bond acceptors (Lipinski definition) is 5. The lowest BCUT2D eigenvalue weighted by molar-refractivity contribution is -0.274. The normalized spacial score (nSPS) is 13.6. The second-order valence-corrected chi connectivity index (χ2v) is 12.4. The van der Waals surface area contributed by atoms with Crippen LogP contribution in [-0.2, 0) is 0 Å². The van der Waals surface area contributed by atoms with E-state index in [2.05, 4.69) is 64.1 Å². The summed E-state index contributed by atoms with van der Waals surface area (Å²) in [6, 6.07) is 18.9. The molecule has 2 heterocycles. The van der Waals surface area contributed by atoms with Crippen LogP contribution in [0.2, 0.25) is 0 Å². The van der Waals surface area contributed by atoms with Gasteiger partial charge in [0.2, 0.25) is 0 Å². The van der Waals surface area contributed by atoms with Crippen molar-refractivity contribution in [2.45, 2.75) is 65.8 Å². The number of aromatic nitrogens is 4. The predicted octanol–water partition coefficient (Wildman–Crippen LogP) is 8.23. The van der Waals surface area contributed by atoms with Crippen LogP contribution >= 0.6 is 11.3 Å². The standard InChI is InChI=1S/C34H35F3N6O2S/c1-20(2)29-16-7-21(3)17-30(29)43-22(4)18-46-33(43)40-32(44)39-24(6)23(5)25-8-10-26(11-9-25)31-38-19-42(41-31)27-12-14-28(15-13-27)45-34(35,36)37/h7-20,23-24H,1-6H3,(H,39,44)/b40-33-. The van der Waals surface area contributed by atoms with Gasteiger partial charge < -0.3 is 10.1 Å². The third kappa shape index (κ3) is 7.56. The van der Waals surface area contributed by atoms with Crippen molar-refractivity contribution >= 4 is 17.4 Å². The van der Waals surface area contributed by atoms with Crippen molar-refractivity contribution in [2.75, 3.05) is 0 Å². The summed E-state index contributed by atoms with van der Waals surface area (Å²) >= 11 is 1.44. The Morgan fingerprint density at radius 1 is 0.978 bits per heavy atom. The molecule has 0 aliphatic rings. The number of alkyl halides is 3. The Hall–Kier alpha value is -4.71. The van der Waals surface area contributed by atoms with Gasteiger partial charge in [-0.05, 0) is 73.7 Å². The lowest BCUT2D eigenvalue weighted by atomic mass is 9.93. The van der Waals surface area contributed by atoms with Gasteiger partial charge in [0.15, 0.2) is 10.6 Å². The lowest BCUT2D eigenvalue weighted by Crippen LogP contribution is -2.35. The lowest BCUT2D eigenvalue weighted by Gasteiger charge is -2.21. The van der Waals surface area contributed by atoms with Crippen LogP contribution in [0.1, 0.15) is 61.9 Å². The van der Waals surface area contributed by atoms with Gasteiger partial charge in [-0.1, -0.05) is 57.2 Å². The molecule has 0 fully saturated rings. The van der Waals surface area contributed by atoms with E-state index in [1.165, 1.54) is 52.2 Å². The number of amides is 2. The molecule has 2 amide bonds. The Morgan fingerprint density at radius 2 is 1.67 bits per heavy atom. The highest BCUT2D eigenvalue weighted by Gasteiger charge is 2.31. The van der Waals surface area contributed by atoms with Crippen molar-refractivity contribution in [3.05, 3.63) is 106 Å². The Labute approximate surface area is 269 Å². The average Bonchev–Trinajstić information content (AvgIpc) is 3.63. The number of urea groups is 1. The van der Waals surface area contributed by atoms with Gasteiger partial charge in [-0.15, -0.1) is 29.6 Å². The summed E-state index contributed by atoms with van der Waals surface area (Å²) in [5, 5.41) is 9.51. The molecular weight excluding hydrogens is 613 g/mol. The molecule has 0 spiro atoms. The summed E-state index contributed by atoms with van der Waals surface area (Å²) < 4.78 is 44.8. The highest BCUT2D eigenvalue weighted by atomic mass is 32.1. The molecule has 5 aromatic rings. The van der Waals surface area contributed by atoms with Crippen LogP contribution in [0.5, 0.6) is 5.75 Å². The van der Waals surface area contributed by atoms with Crippen LogP contribution in [0.4, 0.5) is 18.0 Å². The average molecular weight is 649 g/mol. The van der Waals surface area contributed by atoms with Gasteiger partial charge in [0.25, 0.3) is 0 Å². The molecule has 2 atom stereocenters. The summed E-state index contributed by atoms with van der Waals surface area (Å²) in [7, 11) is 0. The number of aryl methyl sites for hydroxylation is 2. The molecule has 12 heteroatoms. The van der Waals surface area contributed by atoms with E-state index in [4.69, 9.17) is 0 Å². The SMILES string of the molecule is Cc1ccc(C(C)C)c(-n2c(C)cs/c2=N\C(=O)NC(C)C(C)c2ccc(-c3ncn(-c4ccc(OC(F)(F)F)cc4)n3)cc2)c1. The first-order chi connectivity index (χ1) is 21.8. The van der Waals surface area contributed by atoms with E-state index in [-0.39, 0.29) is 17.7 Å². The monoisotopic (exact) mass is 648 g/mol. The molecule has 0 radical (unpaired) electrons. The second-order valence-electron chi connectivity index (χ2n) is 11.5. The van der Waals surface area contributed by atoms with Gasteiger partial charge in [0, 0.05) is 28.6 Å². The highest BCUT2D eigenvalue weighted by molar-refractivity contribution is 7.07. The molecule has 5 rings (SSSR count). The Kier molecular flexibility index (Phi) is 9.47. The van der Waals surface area contributed by atoms with Gasteiger partial charge in [-0.2, -0.15) is 4.99 Å². The van der Waals surface area contributed by atoms with Crippen molar-refractivity contribution in [3.63, 3.8) is 0 Å². The van der Waals surface area contributed by atoms with E-state index in [9.17, 15) is 18.0 Å². The van der Waals surface area contributed by atoms with Crippen molar-refractivity contribution in [2.24, 2.45) is 4.99 Å². The number of halogens is 3. The minimum Gasteiger partial charge on any atom is -0.406 e. The van der Waals surface area contributed by atoms with E-state index in [0.29, 0.717) is 22.2 Å². The fraction of sp³-hybridized carbons (Fsp3) is 0.294. The summed E-state index contributed by atoms with van der Waals surface area (Å²) in [6.07, 6.45) is -3.26. The minimum atomic E-state index is -4.75. The Balaban J connectivity index is 1.27. The molecular formula is C34H35F3N6O2S. The molecule has 0 aliphatic heterocycles.